The number of aromatic nitrogens is 2. The molecule has 0 fully saturated rings. The second kappa shape index (κ2) is 7.40. The van der Waals surface area contributed by atoms with Gasteiger partial charge in [-0.15, -0.1) is 0 Å². The van der Waals surface area contributed by atoms with Crippen molar-refractivity contribution in [3.05, 3.63) is 48.5 Å². The normalized spacial score (nSPS) is 11.9. The van der Waals surface area contributed by atoms with Crippen molar-refractivity contribution in [2.75, 3.05) is 6.54 Å². The third-order valence-electron chi connectivity index (χ3n) is 3.43. The van der Waals surface area contributed by atoms with Gasteiger partial charge in [0.15, 0.2) is 0 Å². The minimum absolute atomic E-state index is 0.144. The molecule has 22 heavy (non-hydrogen) atoms. The van der Waals surface area contributed by atoms with Crippen LogP contribution < -0.4 is 5.32 Å². The summed E-state index contributed by atoms with van der Waals surface area (Å²) in [5.41, 5.74) is 1.41. The SMILES string of the molecule is CCCC(CNC(=O)c1ccc(-n2ccnc2)cc1)C(=O)O. The molecule has 0 aliphatic carbocycles. The summed E-state index contributed by atoms with van der Waals surface area (Å²) in [4.78, 5) is 27.1. The van der Waals surface area contributed by atoms with E-state index in [2.05, 4.69) is 10.3 Å². The lowest BCUT2D eigenvalue weighted by Crippen LogP contribution is -2.32. The van der Waals surface area contributed by atoms with Gasteiger partial charge in [0, 0.05) is 30.2 Å². The number of hydrogen-bond acceptors (Lipinski definition) is 3. The van der Waals surface area contributed by atoms with Crippen molar-refractivity contribution in [2.45, 2.75) is 19.8 Å². The molecule has 6 nitrogen and oxygen atoms in total. The van der Waals surface area contributed by atoms with Crippen molar-refractivity contribution >= 4 is 11.9 Å². The summed E-state index contributed by atoms with van der Waals surface area (Å²) in [7, 11) is 0. The molecule has 0 saturated carbocycles. The number of nitrogens with zero attached hydrogens (tertiary/aromatic N) is 2. The molecule has 0 spiro atoms. The number of amides is 1. The summed E-state index contributed by atoms with van der Waals surface area (Å²) in [5.74, 6) is -1.68. The zero-order valence-electron chi connectivity index (χ0n) is 12.4. The van der Waals surface area contributed by atoms with Crippen LogP contribution in [0.2, 0.25) is 0 Å². The number of carbonyl (C=O) groups is 2. The summed E-state index contributed by atoms with van der Waals surface area (Å²) >= 11 is 0. The number of carboxylic acid groups (broad SMARTS) is 1. The highest BCUT2D eigenvalue weighted by atomic mass is 16.4. The fourth-order valence-electron chi connectivity index (χ4n) is 2.18. The van der Waals surface area contributed by atoms with Gasteiger partial charge in [-0.05, 0) is 30.7 Å². The Balaban J connectivity index is 1.96. The van der Waals surface area contributed by atoms with E-state index in [4.69, 9.17) is 5.11 Å². The van der Waals surface area contributed by atoms with Crippen molar-refractivity contribution in [1.29, 1.82) is 0 Å². The Morgan fingerprint density at radius 2 is 2.05 bits per heavy atom. The van der Waals surface area contributed by atoms with E-state index >= 15 is 0 Å². The van der Waals surface area contributed by atoms with Crippen LogP contribution >= 0.6 is 0 Å². The lowest BCUT2D eigenvalue weighted by molar-refractivity contribution is -0.141. The maximum Gasteiger partial charge on any atom is 0.308 e. The molecule has 0 aliphatic heterocycles. The van der Waals surface area contributed by atoms with Crippen LogP contribution in [0.4, 0.5) is 0 Å². The van der Waals surface area contributed by atoms with Gasteiger partial charge in [-0.2, -0.15) is 0 Å². The molecule has 1 unspecified atom stereocenters. The summed E-state index contributed by atoms with van der Waals surface area (Å²) < 4.78 is 1.84. The van der Waals surface area contributed by atoms with E-state index in [0.29, 0.717) is 12.0 Å². The Labute approximate surface area is 128 Å². The first-order valence-corrected chi connectivity index (χ1v) is 7.21. The standard InChI is InChI=1S/C16H19N3O3/c1-2-3-13(16(21)22)10-18-15(20)12-4-6-14(7-5-12)19-9-8-17-11-19/h4-9,11,13H,2-3,10H2,1H3,(H,18,20)(H,21,22). The van der Waals surface area contributed by atoms with Gasteiger partial charge in [0.1, 0.15) is 0 Å². The zero-order valence-corrected chi connectivity index (χ0v) is 12.4. The molecule has 0 radical (unpaired) electrons. The van der Waals surface area contributed by atoms with Gasteiger partial charge in [-0.3, -0.25) is 9.59 Å². The molecule has 1 aromatic heterocycles. The van der Waals surface area contributed by atoms with E-state index in [0.717, 1.165) is 12.1 Å². The van der Waals surface area contributed by atoms with Crippen LogP contribution in [0.25, 0.3) is 5.69 Å². The average Bonchev–Trinajstić information content (AvgIpc) is 3.05. The van der Waals surface area contributed by atoms with Crippen LogP contribution in [0.5, 0.6) is 0 Å². The van der Waals surface area contributed by atoms with Gasteiger partial charge in [-0.25, -0.2) is 4.98 Å². The van der Waals surface area contributed by atoms with E-state index in [9.17, 15) is 9.59 Å². The first-order valence-electron chi connectivity index (χ1n) is 7.21. The fraction of sp³-hybridized carbons (Fsp3) is 0.312. The Morgan fingerprint density at radius 3 is 2.59 bits per heavy atom. The second-order valence-electron chi connectivity index (χ2n) is 5.05. The van der Waals surface area contributed by atoms with Crippen LogP contribution in [0, 0.1) is 5.92 Å². The molecule has 116 valence electrons. The van der Waals surface area contributed by atoms with E-state index in [1.54, 1.807) is 24.7 Å². The predicted octanol–water partition coefficient (Wildman–Crippen LogP) is 2.10. The second-order valence-corrected chi connectivity index (χ2v) is 5.05. The Hall–Kier alpha value is -2.63. The predicted molar refractivity (Wildman–Crippen MR) is 81.9 cm³/mol. The molecule has 2 rings (SSSR count). The fourth-order valence-corrected chi connectivity index (χ4v) is 2.18. The Bertz CT molecular complexity index is 621. The molecule has 1 atom stereocenters. The van der Waals surface area contributed by atoms with Gasteiger partial charge < -0.3 is 15.0 Å². The minimum Gasteiger partial charge on any atom is -0.481 e. The molecule has 1 amide bonds. The highest BCUT2D eigenvalue weighted by Crippen LogP contribution is 2.10. The van der Waals surface area contributed by atoms with Crippen molar-refractivity contribution in [1.82, 2.24) is 14.9 Å². The molecule has 1 heterocycles. The van der Waals surface area contributed by atoms with Crippen LogP contribution in [-0.2, 0) is 4.79 Å². The number of aliphatic carboxylic acids is 1. The van der Waals surface area contributed by atoms with Gasteiger partial charge >= 0.3 is 5.97 Å². The third-order valence-corrected chi connectivity index (χ3v) is 3.43. The molecular weight excluding hydrogens is 282 g/mol. The quantitative estimate of drug-likeness (QED) is 0.820. The largest absolute Gasteiger partial charge is 0.481 e. The summed E-state index contributed by atoms with van der Waals surface area (Å²) in [6, 6.07) is 7.05. The Kier molecular flexibility index (Phi) is 5.30. The first-order chi connectivity index (χ1) is 10.6. The number of hydrogen-bond donors (Lipinski definition) is 2. The number of imidazole rings is 1. The molecule has 2 aromatic rings. The molecule has 6 heteroatoms. The highest BCUT2D eigenvalue weighted by molar-refractivity contribution is 5.94. The van der Waals surface area contributed by atoms with E-state index in [1.807, 2.05) is 29.8 Å². The van der Waals surface area contributed by atoms with E-state index in [-0.39, 0.29) is 12.5 Å². The van der Waals surface area contributed by atoms with Crippen LogP contribution in [0.3, 0.4) is 0 Å². The van der Waals surface area contributed by atoms with Gasteiger partial charge in [0.2, 0.25) is 0 Å². The highest BCUT2D eigenvalue weighted by Gasteiger charge is 2.17. The number of carboxylic acids is 1. The van der Waals surface area contributed by atoms with Crippen molar-refractivity contribution in [3.63, 3.8) is 0 Å². The molecular formula is C16H19N3O3. The molecule has 1 aromatic carbocycles. The summed E-state index contributed by atoms with van der Waals surface area (Å²) in [5, 5.41) is 11.8. The van der Waals surface area contributed by atoms with Gasteiger partial charge in [0.25, 0.3) is 5.91 Å². The van der Waals surface area contributed by atoms with Crippen molar-refractivity contribution in [3.8, 4) is 5.69 Å². The van der Waals surface area contributed by atoms with Crippen LogP contribution in [-0.4, -0.2) is 33.1 Å². The smallest absolute Gasteiger partial charge is 0.308 e. The maximum atomic E-state index is 12.1. The topological polar surface area (TPSA) is 84.2 Å². The number of benzene rings is 1. The van der Waals surface area contributed by atoms with Crippen LogP contribution in [0.1, 0.15) is 30.1 Å². The lowest BCUT2D eigenvalue weighted by Gasteiger charge is -2.12. The van der Waals surface area contributed by atoms with Crippen molar-refractivity contribution in [2.24, 2.45) is 5.92 Å². The van der Waals surface area contributed by atoms with Gasteiger partial charge in [0.05, 0.1) is 12.2 Å². The lowest BCUT2D eigenvalue weighted by atomic mass is 10.0. The first kappa shape index (κ1) is 15.8. The molecule has 0 bridgehead atoms. The monoisotopic (exact) mass is 301 g/mol. The number of nitrogens with one attached hydrogen (secondary N) is 1. The zero-order chi connectivity index (χ0) is 15.9. The number of rotatable bonds is 7. The van der Waals surface area contributed by atoms with Gasteiger partial charge in [-0.1, -0.05) is 13.3 Å². The number of carbonyl (C=O) groups excluding carboxylic acids is 1. The van der Waals surface area contributed by atoms with E-state index in [1.165, 1.54) is 0 Å². The Morgan fingerprint density at radius 1 is 1.32 bits per heavy atom. The average molecular weight is 301 g/mol. The maximum absolute atomic E-state index is 12.1. The van der Waals surface area contributed by atoms with E-state index < -0.39 is 11.9 Å². The summed E-state index contributed by atoms with van der Waals surface area (Å²) in [6.07, 6.45) is 6.50. The molecule has 0 saturated heterocycles. The van der Waals surface area contributed by atoms with Crippen LogP contribution in [0.15, 0.2) is 43.0 Å². The van der Waals surface area contributed by atoms with Crippen molar-refractivity contribution < 1.29 is 14.7 Å². The third kappa shape index (κ3) is 3.94. The summed E-state index contributed by atoms with van der Waals surface area (Å²) in [6.45, 7) is 2.07. The minimum atomic E-state index is -0.877. The molecule has 2 N–H and O–H groups in total. The molecule has 0 aliphatic rings.